The fourth-order valence-corrected chi connectivity index (χ4v) is 2.31. The average Bonchev–Trinajstić information content (AvgIpc) is 3.24. The van der Waals surface area contributed by atoms with E-state index >= 15 is 0 Å². The van der Waals surface area contributed by atoms with Gasteiger partial charge in [0.2, 0.25) is 0 Å². The highest BCUT2D eigenvalue weighted by atomic mass is 35.5. The first-order valence-electron chi connectivity index (χ1n) is 6.29. The summed E-state index contributed by atoms with van der Waals surface area (Å²) in [4.78, 5) is 22.8. The van der Waals surface area contributed by atoms with Crippen molar-refractivity contribution in [2.75, 3.05) is 0 Å². The van der Waals surface area contributed by atoms with E-state index in [0.717, 1.165) is 12.8 Å². The molecule has 0 unspecified atom stereocenters. The van der Waals surface area contributed by atoms with Gasteiger partial charge >= 0.3 is 5.97 Å². The molecule has 0 amide bonds. The molecule has 5 heteroatoms. The minimum absolute atomic E-state index is 0.146. The van der Waals surface area contributed by atoms with E-state index in [-0.39, 0.29) is 11.9 Å². The van der Waals surface area contributed by atoms with Gasteiger partial charge < -0.3 is 9.84 Å². The first-order chi connectivity index (χ1) is 9.06. The third-order valence-electron chi connectivity index (χ3n) is 3.48. The van der Waals surface area contributed by atoms with Gasteiger partial charge in [-0.25, -0.2) is 0 Å². The van der Waals surface area contributed by atoms with Crippen LogP contribution in [0, 0.1) is 11.8 Å². The summed E-state index contributed by atoms with van der Waals surface area (Å²) in [6.07, 6.45) is 2.75. The number of benzene rings is 1. The maximum absolute atomic E-state index is 12.1. The zero-order chi connectivity index (χ0) is 13.6. The van der Waals surface area contributed by atoms with E-state index in [2.05, 4.69) is 0 Å². The van der Waals surface area contributed by atoms with E-state index in [0.29, 0.717) is 22.8 Å². The molecule has 3 rings (SSSR count). The van der Waals surface area contributed by atoms with E-state index in [4.69, 9.17) is 21.4 Å². The highest BCUT2D eigenvalue weighted by molar-refractivity contribution is 6.32. The number of hydrogen-bond acceptors (Lipinski definition) is 3. The number of carboxylic acid groups (broad SMARTS) is 1. The number of hydrogen-bond donors (Lipinski definition) is 1. The molecule has 1 N–H and O–H groups in total. The van der Waals surface area contributed by atoms with Crippen molar-refractivity contribution in [1.82, 2.24) is 0 Å². The van der Waals surface area contributed by atoms with Gasteiger partial charge in [-0.15, -0.1) is 0 Å². The first kappa shape index (κ1) is 12.5. The van der Waals surface area contributed by atoms with Crippen molar-refractivity contribution in [1.29, 1.82) is 0 Å². The molecule has 2 saturated carbocycles. The molecule has 2 aliphatic carbocycles. The van der Waals surface area contributed by atoms with Gasteiger partial charge in [-0.3, -0.25) is 9.59 Å². The number of ether oxygens (including phenoxy) is 1. The van der Waals surface area contributed by atoms with Gasteiger partial charge in [0.15, 0.2) is 5.78 Å². The van der Waals surface area contributed by atoms with Crippen LogP contribution in [0.1, 0.15) is 29.6 Å². The maximum atomic E-state index is 12.1. The zero-order valence-electron chi connectivity index (χ0n) is 10.1. The van der Waals surface area contributed by atoms with Crippen LogP contribution in [-0.4, -0.2) is 23.0 Å². The normalized spacial score (nSPS) is 24.9. The summed E-state index contributed by atoms with van der Waals surface area (Å²) in [7, 11) is 0. The highest BCUT2D eigenvalue weighted by Crippen LogP contribution is 2.42. The second-order valence-electron chi connectivity index (χ2n) is 5.11. The number of rotatable bonds is 5. The van der Waals surface area contributed by atoms with Crippen molar-refractivity contribution in [3.8, 4) is 5.75 Å². The number of Topliss-reactive ketones (excluding diaryl/α,β-unsaturated/α-hetero) is 1. The van der Waals surface area contributed by atoms with Gasteiger partial charge in [-0.2, -0.15) is 0 Å². The molecule has 2 fully saturated rings. The fourth-order valence-electron chi connectivity index (χ4n) is 2.09. The van der Waals surface area contributed by atoms with Crippen LogP contribution in [0.4, 0.5) is 0 Å². The third kappa shape index (κ3) is 2.59. The molecule has 0 saturated heterocycles. The Morgan fingerprint density at radius 3 is 2.53 bits per heavy atom. The van der Waals surface area contributed by atoms with E-state index in [1.807, 2.05) is 0 Å². The topological polar surface area (TPSA) is 63.6 Å². The van der Waals surface area contributed by atoms with E-state index in [1.165, 1.54) is 0 Å². The zero-order valence-corrected chi connectivity index (χ0v) is 10.9. The van der Waals surface area contributed by atoms with Gasteiger partial charge in [0, 0.05) is 11.5 Å². The van der Waals surface area contributed by atoms with E-state index in [9.17, 15) is 9.59 Å². The summed E-state index contributed by atoms with van der Waals surface area (Å²) in [6.45, 7) is 0. The number of ketones is 1. The Balaban J connectivity index is 1.73. The molecule has 0 radical (unpaired) electrons. The standard InChI is InChI=1S/C14H13ClO4/c15-11-5-7(1-4-12(11)19-8-2-3-8)13(16)9-6-10(9)14(17)18/h1,4-5,8-10H,2-3,6H2,(H,17,18)/t9-,10-/m0/s1. The molecule has 4 nitrogen and oxygen atoms in total. The minimum atomic E-state index is -0.905. The van der Waals surface area contributed by atoms with Crippen molar-refractivity contribution >= 4 is 23.4 Å². The van der Waals surface area contributed by atoms with Crippen LogP contribution in [-0.2, 0) is 4.79 Å². The fraction of sp³-hybridized carbons (Fsp3) is 0.429. The Morgan fingerprint density at radius 2 is 2.00 bits per heavy atom. The Kier molecular flexibility index (Phi) is 2.97. The molecule has 0 bridgehead atoms. The smallest absolute Gasteiger partial charge is 0.307 e. The molecule has 19 heavy (non-hydrogen) atoms. The molecule has 2 atom stereocenters. The monoisotopic (exact) mass is 280 g/mol. The lowest BCUT2D eigenvalue weighted by Crippen LogP contribution is -2.08. The molecule has 1 aromatic rings. The third-order valence-corrected chi connectivity index (χ3v) is 3.77. The summed E-state index contributed by atoms with van der Waals surface area (Å²) in [5.74, 6) is -1.39. The number of carboxylic acids is 1. The van der Waals surface area contributed by atoms with Crippen LogP contribution in [0.25, 0.3) is 0 Å². The van der Waals surface area contributed by atoms with Crippen molar-refractivity contribution in [2.24, 2.45) is 11.8 Å². The number of aliphatic carboxylic acids is 1. The van der Waals surface area contributed by atoms with Crippen molar-refractivity contribution in [3.05, 3.63) is 28.8 Å². The van der Waals surface area contributed by atoms with Crippen molar-refractivity contribution in [3.63, 3.8) is 0 Å². The molecule has 0 spiro atoms. The highest BCUT2D eigenvalue weighted by Gasteiger charge is 2.48. The van der Waals surface area contributed by atoms with Crippen molar-refractivity contribution < 1.29 is 19.4 Å². The molecule has 0 aliphatic heterocycles. The summed E-state index contributed by atoms with van der Waals surface area (Å²) < 4.78 is 5.59. The minimum Gasteiger partial charge on any atom is -0.489 e. The van der Waals surface area contributed by atoms with E-state index < -0.39 is 17.8 Å². The Labute approximate surface area is 115 Å². The molecular formula is C14H13ClO4. The summed E-state index contributed by atoms with van der Waals surface area (Å²) >= 11 is 6.08. The number of carbonyl (C=O) groups is 2. The molecule has 1 aromatic carbocycles. The van der Waals surface area contributed by atoms with Gasteiger partial charge in [-0.05, 0) is 37.5 Å². The van der Waals surface area contributed by atoms with Crippen LogP contribution < -0.4 is 4.74 Å². The predicted octanol–water partition coefficient (Wildman–Crippen LogP) is 2.78. The Hall–Kier alpha value is -1.55. The molecule has 2 aliphatic rings. The van der Waals surface area contributed by atoms with E-state index in [1.54, 1.807) is 18.2 Å². The Bertz CT molecular complexity index is 550. The van der Waals surface area contributed by atoms with Crippen molar-refractivity contribution in [2.45, 2.75) is 25.4 Å². The predicted molar refractivity (Wildman–Crippen MR) is 68.7 cm³/mol. The molecular weight excluding hydrogens is 268 g/mol. The second kappa shape index (κ2) is 4.53. The average molecular weight is 281 g/mol. The van der Waals surface area contributed by atoms with Gasteiger partial charge in [0.25, 0.3) is 0 Å². The molecule has 100 valence electrons. The summed E-state index contributed by atoms with van der Waals surface area (Å²) in [5, 5.41) is 9.23. The maximum Gasteiger partial charge on any atom is 0.307 e. The van der Waals surface area contributed by atoms with Gasteiger partial charge in [0.1, 0.15) is 5.75 Å². The van der Waals surface area contributed by atoms with Crippen LogP contribution >= 0.6 is 11.6 Å². The second-order valence-corrected chi connectivity index (χ2v) is 5.52. The largest absolute Gasteiger partial charge is 0.489 e. The lowest BCUT2D eigenvalue weighted by molar-refractivity contribution is -0.138. The van der Waals surface area contributed by atoms with Crippen LogP contribution in [0.15, 0.2) is 18.2 Å². The number of carbonyl (C=O) groups excluding carboxylic acids is 1. The lowest BCUT2D eigenvalue weighted by Gasteiger charge is -2.08. The molecule has 0 heterocycles. The summed E-state index contributed by atoms with van der Waals surface area (Å²) in [5.41, 5.74) is 0.460. The number of halogens is 1. The Morgan fingerprint density at radius 1 is 1.26 bits per heavy atom. The first-order valence-corrected chi connectivity index (χ1v) is 6.67. The summed E-state index contributed by atoms with van der Waals surface area (Å²) in [6, 6.07) is 4.91. The van der Waals surface area contributed by atoms with Gasteiger partial charge in [0.05, 0.1) is 17.0 Å². The van der Waals surface area contributed by atoms with Crippen LogP contribution in [0.5, 0.6) is 5.75 Å². The molecule has 0 aromatic heterocycles. The van der Waals surface area contributed by atoms with Gasteiger partial charge in [-0.1, -0.05) is 11.6 Å². The SMILES string of the molecule is O=C(O)[C@H]1C[C@@H]1C(=O)c1ccc(OC2CC2)c(Cl)c1. The lowest BCUT2D eigenvalue weighted by atomic mass is 10.1. The van der Waals surface area contributed by atoms with Crippen LogP contribution in [0.3, 0.4) is 0 Å². The van der Waals surface area contributed by atoms with Crippen LogP contribution in [0.2, 0.25) is 5.02 Å². The quantitative estimate of drug-likeness (QED) is 0.843.